The van der Waals surface area contributed by atoms with Crippen molar-refractivity contribution in [1.29, 1.82) is 0 Å². The van der Waals surface area contributed by atoms with Crippen molar-refractivity contribution in [2.75, 3.05) is 7.05 Å². The Morgan fingerprint density at radius 2 is 2.23 bits per heavy atom. The quantitative estimate of drug-likeness (QED) is 0.796. The molecule has 22 heavy (non-hydrogen) atoms. The number of fused-ring (bicyclic) bond motifs is 1. The van der Waals surface area contributed by atoms with Gasteiger partial charge in [0.05, 0.1) is 16.7 Å². The lowest BCUT2D eigenvalue weighted by Gasteiger charge is -2.30. The summed E-state index contributed by atoms with van der Waals surface area (Å²) in [6, 6.07) is 1.25. The molecule has 2 aromatic heterocycles. The lowest BCUT2D eigenvalue weighted by molar-refractivity contribution is 0.337. The first-order valence-corrected chi connectivity index (χ1v) is 9.33. The Kier molecular flexibility index (Phi) is 4.28. The molecule has 0 fully saturated rings. The molecule has 3 rings (SSSR count). The van der Waals surface area contributed by atoms with E-state index in [2.05, 4.69) is 31.1 Å². The third kappa shape index (κ3) is 2.68. The molecule has 0 saturated heterocycles. The van der Waals surface area contributed by atoms with Crippen LogP contribution in [0.4, 0.5) is 0 Å². The van der Waals surface area contributed by atoms with Crippen LogP contribution in [-0.4, -0.2) is 35.0 Å². The van der Waals surface area contributed by atoms with E-state index in [0.717, 1.165) is 30.5 Å². The number of aromatic amines is 1. The number of nitrogens with one attached hydrogen (secondary N) is 1. The first-order valence-electron chi connectivity index (χ1n) is 6.72. The molecule has 2 aromatic rings. The maximum atomic E-state index is 12.8. The van der Waals surface area contributed by atoms with Crippen molar-refractivity contribution >= 4 is 37.6 Å². The van der Waals surface area contributed by atoms with Gasteiger partial charge in [0.2, 0.25) is 10.0 Å². The van der Waals surface area contributed by atoms with Crippen LogP contribution in [0.1, 0.15) is 30.1 Å². The van der Waals surface area contributed by atoms with Gasteiger partial charge in [-0.15, -0.1) is 0 Å². The van der Waals surface area contributed by atoms with Crippen molar-refractivity contribution in [3.8, 4) is 0 Å². The van der Waals surface area contributed by atoms with E-state index < -0.39 is 10.0 Å². The number of H-pyrrole nitrogens is 1. The number of nitrogens with zero attached hydrogens (tertiary/aromatic N) is 3. The van der Waals surface area contributed by atoms with Gasteiger partial charge in [-0.2, -0.15) is 9.40 Å². The van der Waals surface area contributed by atoms with E-state index in [0.29, 0.717) is 4.47 Å². The van der Waals surface area contributed by atoms with Crippen molar-refractivity contribution in [2.45, 2.75) is 30.2 Å². The fraction of sp³-hybridized carbons (Fsp3) is 0.385. The summed E-state index contributed by atoms with van der Waals surface area (Å²) in [5.74, 6) is 0. The van der Waals surface area contributed by atoms with Gasteiger partial charge < -0.3 is 0 Å². The molecule has 1 aliphatic carbocycles. The van der Waals surface area contributed by atoms with E-state index in [4.69, 9.17) is 11.6 Å². The molecule has 0 aliphatic heterocycles. The largest absolute Gasteiger partial charge is 0.282 e. The molecule has 0 amide bonds. The number of hydrogen-bond acceptors (Lipinski definition) is 4. The zero-order valence-electron chi connectivity index (χ0n) is 11.8. The van der Waals surface area contributed by atoms with Crippen LogP contribution in [0.3, 0.4) is 0 Å². The van der Waals surface area contributed by atoms with E-state index in [1.807, 2.05) is 0 Å². The van der Waals surface area contributed by atoms with Gasteiger partial charge in [0.1, 0.15) is 10.0 Å². The summed E-state index contributed by atoms with van der Waals surface area (Å²) < 4.78 is 27.5. The molecule has 0 saturated carbocycles. The van der Waals surface area contributed by atoms with Crippen LogP contribution in [0.5, 0.6) is 0 Å². The van der Waals surface area contributed by atoms with Crippen molar-refractivity contribution in [1.82, 2.24) is 19.5 Å². The monoisotopic (exact) mass is 404 g/mol. The number of halogens is 2. The predicted octanol–water partition coefficient (Wildman–Crippen LogP) is 2.92. The van der Waals surface area contributed by atoms with Gasteiger partial charge in [-0.3, -0.25) is 5.10 Å². The van der Waals surface area contributed by atoms with Gasteiger partial charge in [0, 0.05) is 24.5 Å². The average molecular weight is 406 g/mol. The Bertz CT molecular complexity index is 808. The maximum Gasteiger partial charge on any atom is 0.244 e. The predicted molar refractivity (Wildman–Crippen MR) is 86.2 cm³/mol. The molecule has 0 unspecified atom stereocenters. The van der Waals surface area contributed by atoms with Gasteiger partial charge in [-0.1, -0.05) is 11.6 Å². The lowest BCUT2D eigenvalue weighted by Crippen LogP contribution is -2.33. The fourth-order valence-electron chi connectivity index (χ4n) is 2.69. The molecule has 0 aromatic carbocycles. The highest BCUT2D eigenvalue weighted by Gasteiger charge is 2.33. The van der Waals surface area contributed by atoms with Crippen LogP contribution >= 0.6 is 27.5 Å². The average Bonchev–Trinajstić information content (AvgIpc) is 2.97. The van der Waals surface area contributed by atoms with Crippen molar-refractivity contribution < 1.29 is 8.42 Å². The van der Waals surface area contributed by atoms with E-state index in [1.54, 1.807) is 13.2 Å². The Hall–Kier alpha value is -0.960. The van der Waals surface area contributed by atoms with Gasteiger partial charge in [0.15, 0.2) is 0 Å². The van der Waals surface area contributed by atoms with Crippen molar-refractivity contribution in [3.63, 3.8) is 0 Å². The van der Waals surface area contributed by atoms with Crippen LogP contribution in [0.25, 0.3) is 0 Å². The minimum Gasteiger partial charge on any atom is -0.282 e. The van der Waals surface area contributed by atoms with Crippen LogP contribution in [0.2, 0.25) is 5.15 Å². The lowest BCUT2D eigenvalue weighted by atomic mass is 9.93. The second kappa shape index (κ2) is 5.92. The SMILES string of the molecule is CN([C@@H]1CCCc2[nH]ncc21)S(=O)(=O)c1cnc(Cl)c(Br)c1. The maximum absolute atomic E-state index is 12.8. The summed E-state index contributed by atoms with van der Waals surface area (Å²) in [6.45, 7) is 0. The summed E-state index contributed by atoms with van der Waals surface area (Å²) in [5, 5.41) is 7.21. The highest BCUT2D eigenvalue weighted by molar-refractivity contribution is 9.10. The molecule has 1 aliphatic rings. The number of sulfonamides is 1. The van der Waals surface area contributed by atoms with Crippen LogP contribution in [-0.2, 0) is 16.4 Å². The number of hydrogen-bond donors (Lipinski definition) is 1. The summed E-state index contributed by atoms with van der Waals surface area (Å²) in [5.41, 5.74) is 1.95. The summed E-state index contributed by atoms with van der Waals surface area (Å²) in [4.78, 5) is 4.01. The second-order valence-electron chi connectivity index (χ2n) is 5.18. The summed E-state index contributed by atoms with van der Waals surface area (Å²) >= 11 is 9.04. The zero-order chi connectivity index (χ0) is 15.9. The third-order valence-electron chi connectivity index (χ3n) is 3.90. The molecule has 0 bridgehead atoms. The summed E-state index contributed by atoms with van der Waals surface area (Å²) in [6.07, 6.45) is 5.57. The van der Waals surface area contributed by atoms with Gasteiger partial charge in [-0.05, 0) is 41.3 Å². The van der Waals surface area contributed by atoms with Gasteiger partial charge in [-0.25, -0.2) is 13.4 Å². The molecule has 0 spiro atoms. The Balaban J connectivity index is 1.98. The van der Waals surface area contributed by atoms with E-state index >= 15 is 0 Å². The topological polar surface area (TPSA) is 79.0 Å². The highest BCUT2D eigenvalue weighted by atomic mass is 79.9. The molecule has 0 radical (unpaired) electrons. The first-order chi connectivity index (χ1) is 10.4. The fourth-order valence-corrected chi connectivity index (χ4v) is 4.64. The van der Waals surface area contributed by atoms with E-state index in [9.17, 15) is 8.42 Å². The summed E-state index contributed by atoms with van der Waals surface area (Å²) in [7, 11) is -2.07. The molecular formula is C13H14BrClN4O2S. The number of rotatable bonds is 3. The zero-order valence-corrected chi connectivity index (χ0v) is 14.9. The number of aryl methyl sites for hydroxylation is 1. The standard InChI is InChI=1S/C13H14BrClN4O2S/c1-19(12-4-2-3-11-9(12)7-17-18-11)22(20,21)8-5-10(14)13(15)16-6-8/h5-7,12H,2-4H2,1H3,(H,17,18)/t12-/m1/s1. The van der Waals surface area contributed by atoms with E-state index in [-0.39, 0.29) is 16.1 Å². The molecule has 9 heteroatoms. The highest BCUT2D eigenvalue weighted by Crippen LogP contribution is 2.35. The number of aromatic nitrogens is 3. The minimum absolute atomic E-state index is 0.113. The molecule has 1 N–H and O–H groups in total. The van der Waals surface area contributed by atoms with Crippen molar-refractivity contribution in [2.24, 2.45) is 0 Å². The van der Waals surface area contributed by atoms with Crippen LogP contribution in [0, 0.1) is 0 Å². The molecule has 1 atom stereocenters. The molecular weight excluding hydrogens is 392 g/mol. The third-order valence-corrected chi connectivity index (χ3v) is 6.87. The Morgan fingerprint density at radius 1 is 1.45 bits per heavy atom. The minimum atomic E-state index is -3.66. The number of pyridine rings is 1. The van der Waals surface area contributed by atoms with Crippen molar-refractivity contribution in [3.05, 3.63) is 39.3 Å². The molecule has 2 heterocycles. The second-order valence-corrected chi connectivity index (χ2v) is 8.39. The van der Waals surface area contributed by atoms with Gasteiger partial charge in [0.25, 0.3) is 0 Å². The smallest absolute Gasteiger partial charge is 0.244 e. The normalized spacial score (nSPS) is 18.5. The van der Waals surface area contributed by atoms with Crippen LogP contribution < -0.4 is 0 Å². The van der Waals surface area contributed by atoms with Gasteiger partial charge >= 0.3 is 0 Å². The molecule has 6 nitrogen and oxygen atoms in total. The Morgan fingerprint density at radius 3 is 2.95 bits per heavy atom. The molecule has 118 valence electrons. The first kappa shape index (κ1) is 15.9. The Labute approximate surface area is 142 Å². The van der Waals surface area contributed by atoms with E-state index in [1.165, 1.54) is 16.6 Å². The van der Waals surface area contributed by atoms with Crippen LogP contribution in [0.15, 0.2) is 27.8 Å².